The molecule has 0 aromatic heterocycles. The molecule has 17 heteroatoms. The lowest BCUT2D eigenvalue weighted by molar-refractivity contribution is -0.489. The van der Waals surface area contributed by atoms with Gasteiger partial charge in [-0.3, -0.25) is 4.74 Å². The summed E-state index contributed by atoms with van der Waals surface area (Å²) >= 11 is 0. The molecule has 0 amide bonds. The molecule has 0 saturated heterocycles. The molecule has 0 bridgehead atoms. The molecule has 1 atom stereocenters. The van der Waals surface area contributed by atoms with E-state index in [4.69, 9.17) is 4.74 Å². The molecule has 3 nitrogen and oxygen atoms in total. The Bertz CT molecular complexity index is 866. The van der Waals surface area contributed by atoms with Crippen LogP contribution in [-0.2, 0) is 14.2 Å². The third-order valence-corrected chi connectivity index (χ3v) is 8.89. The number of alkyl halides is 14. The molecule has 0 spiro atoms. The van der Waals surface area contributed by atoms with Crippen molar-refractivity contribution in [1.29, 1.82) is 0 Å². The number of hydrogen-bond donors (Lipinski definition) is 0. The summed E-state index contributed by atoms with van der Waals surface area (Å²) in [5, 5.41) is 0. The summed E-state index contributed by atoms with van der Waals surface area (Å²) in [4.78, 5) is 0. The van der Waals surface area contributed by atoms with Crippen molar-refractivity contribution in [2.24, 2.45) is 5.41 Å². The third kappa shape index (κ3) is 6.87. The minimum Gasteiger partial charge on any atom is -0.318 e. The highest BCUT2D eigenvalue weighted by atomic mass is 19.4. The SMILES string of the molecule is CCC(CC)(OC(F)(C(F)(F)F)C(F)(F)C(CC)(CC)C(CC)(CC)OC(F)(F)C(CC)(CC)OC(F)(F)F)C(F)(F)F. The Morgan fingerprint density at radius 1 is 0.372 bits per heavy atom. The van der Waals surface area contributed by atoms with E-state index in [2.05, 4.69) is 9.47 Å². The predicted octanol–water partition coefficient (Wildman–Crippen LogP) is 11.1. The summed E-state index contributed by atoms with van der Waals surface area (Å²) in [7, 11) is 0. The molecule has 260 valence electrons. The van der Waals surface area contributed by atoms with Crippen LogP contribution in [0.1, 0.15) is 107 Å². The van der Waals surface area contributed by atoms with Crippen molar-refractivity contribution in [3.05, 3.63) is 0 Å². The molecular weight excluding hydrogens is 626 g/mol. The lowest BCUT2D eigenvalue weighted by Crippen LogP contribution is -2.73. The minimum absolute atomic E-state index is 0.626. The minimum atomic E-state index is -6.88. The van der Waals surface area contributed by atoms with E-state index >= 15 is 22.0 Å². The number of ether oxygens (including phenoxy) is 3. The van der Waals surface area contributed by atoms with Crippen molar-refractivity contribution in [1.82, 2.24) is 0 Å². The molecule has 0 aromatic carbocycles. The quantitative estimate of drug-likeness (QED) is 0.145. The average Bonchev–Trinajstić information content (AvgIpc) is 2.87. The van der Waals surface area contributed by atoms with Gasteiger partial charge in [-0.2, -0.15) is 48.3 Å². The van der Waals surface area contributed by atoms with Gasteiger partial charge in [-0.1, -0.05) is 55.4 Å². The molecule has 0 aliphatic rings. The Balaban J connectivity index is 7.85. The van der Waals surface area contributed by atoms with Gasteiger partial charge in [-0.05, 0) is 51.4 Å². The Morgan fingerprint density at radius 2 is 0.721 bits per heavy atom. The highest BCUT2D eigenvalue weighted by Gasteiger charge is 2.84. The fourth-order valence-corrected chi connectivity index (χ4v) is 5.95. The second-order valence-electron chi connectivity index (χ2n) is 10.3. The van der Waals surface area contributed by atoms with Crippen LogP contribution in [0.5, 0.6) is 0 Å². The van der Waals surface area contributed by atoms with Gasteiger partial charge in [-0.25, -0.2) is 0 Å². The normalized spacial score (nSPS) is 16.9. The Morgan fingerprint density at radius 3 is 0.953 bits per heavy atom. The zero-order chi connectivity index (χ0) is 34.8. The van der Waals surface area contributed by atoms with Crippen molar-refractivity contribution in [2.75, 3.05) is 0 Å². The van der Waals surface area contributed by atoms with Gasteiger partial charge in [0.25, 0.3) is 0 Å². The highest BCUT2D eigenvalue weighted by Crippen LogP contribution is 2.65. The molecular formula is C26H40F14O3. The van der Waals surface area contributed by atoms with Crippen LogP contribution < -0.4 is 0 Å². The Kier molecular flexibility index (Phi) is 13.0. The van der Waals surface area contributed by atoms with Crippen molar-refractivity contribution >= 4 is 0 Å². The largest absolute Gasteiger partial charge is 0.523 e. The second-order valence-corrected chi connectivity index (χ2v) is 10.3. The summed E-state index contributed by atoms with van der Waals surface area (Å²) < 4.78 is 218. The molecule has 0 aromatic rings. The second kappa shape index (κ2) is 13.3. The van der Waals surface area contributed by atoms with Gasteiger partial charge in [0, 0.05) is 0 Å². The Labute approximate surface area is 242 Å². The van der Waals surface area contributed by atoms with Crippen LogP contribution in [-0.4, -0.2) is 53.4 Å². The predicted molar refractivity (Wildman–Crippen MR) is 128 cm³/mol. The number of rotatable bonds is 17. The van der Waals surface area contributed by atoms with Crippen LogP contribution in [0.15, 0.2) is 0 Å². The van der Waals surface area contributed by atoms with Gasteiger partial charge >= 0.3 is 36.6 Å². The van der Waals surface area contributed by atoms with Crippen LogP contribution in [0, 0.1) is 5.41 Å². The summed E-state index contributed by atoms with van der Waals surface area (Å²) in [6, 6.07) is 0. The van der Waals surface area contributed by atoms with E-state index < -0.39 is 110 Å². The van der Waals surface area contributed by atoms with Gasteiger partial charge in [0.15, 0.2) is 11.2 Å². The van der Waals surface area contributed by atoms with Crippen molar-refractivity contribution < 1.29 is 75.7 Å². The van der Waals surface area contributed by atoms with E-state index in [-0.39, 0.29) is 0 Å². The lowest BCUT2D eigenvalue weighted by atomic mass is 9.59. The van der Waals surface area contributed by atoms with Gasteiger partial charge in [0.1, 0.15) is 0 Å². The monoisotopic (exact) mass is 666 g/mol. The van der Waals surface area contributed by atoms with Gasteiger partial charge in [-0.15, -0.1) is 13.2 Å². The molecule has 1 unspecified atom stereocenters. The van der Waals surface area contributed by atoms with Gasteiger partial charge in [0.05, 0.1) is 11.0 Å². The maximum Gasteiger partial charge on any atom is 0.523 e. The fraction of sp³-hybridized carbons (Fsp3) is 1.00. The van der Waals surface area contributed by atoms with Crippen LogP contribution in [0.2, 0.25) is 0 Å². The lowest BCUT2D eigenvalue weighted by Gasteiger charge is -2.58. The molecule has 0 aliphatic carbocycles. The molecule has 0 rings (SSSR count). The first-order valence-corrected chi connectivity index (χ1v) is 13.9. The van der Waals surface area contributed by atoms with Crippen LogP contribution in [0.3, 0.4) is 0 Å². The van der Waals surface area contributed by atoms with E-state index in [0.717, 1.165) is 41.5 Å². The van der Waals surface area contributed by atoms with Crippen molar-refractivity contribution in [2.45, 2.75) is 160 Å². The zero-order valence-corrected chi connectivity index (χ0v) is 25.2. The first-order chi connectivity index (χ1) is 19.1. The maximum atomic E-state index is 16.5. The summed E-state index contributed by atoms with van der Waals surface area (Å²) in [5.41, 5.74) is -14.7. The van der Waals surface area contributed by atoms with Crippen LogP contribution in [0.25, 0.3) is 0 Å². The van der Waals surface area contributed by atoms with Gasteiger partial charge < -0.3 is 9.47 Å². The smallest absolute Gasteiger partial charge is 0.318 e. The zero-order valence-electron chi connectivity index (χ0n) is 25.2. The van der Waals surface area contributed by atoms with E-state index in [9.17, 15) is 39.5 Å². The Hall–Kier alpha value is -1.10. The standard InChI is InChI=1S/C26H40F14O3/c1-9-17(10-2,18(11-3,12-4)42-25(36,37)20(15-7,16-8)43-26(38,39)40)21(27,28)22(29,24(33,34)35)41-19(13-5,14-6)23(30,31)32/h9-16H2,1-8H3. The first-order valence-electron chi connectivity index (χ1n) is 13.9. The number of halogens is 14. The highest BCUT2D eigenvalue weighted by molar-refractivity contribution is 5.14. The summed E-state index contributed by atoms with van der Waals surface area (Å²) in [5.74, 6) is -12.5. The maximum absolute atomic E-state index is 16.5. The van der Waals surface area contributed by atoms with Crippen molar-refractivity contribution in [3.63, 3.8) is 0 Å². The molecule has 0 N–H and O–H groups in total. The van der Waals surface area contributed by atoms with Crippen LogP contribution in [0.4, 0.5) is 61.5 Å². The molecule has 0 heterocycles. The molecule has 0 radical (unpaired) electrons. The fourth-order valence-electron chi connectivity index (χ4n) is 5.95. The molecule has 0 aliphatic heterocycles. The third-order valence-electron chi connectivity index (χ3n) is 8.89. The summed E-state index contributed by atoms with van der Waals surface area (Å²) in [6.45, 7) is 6.14. The summed E-state index contributed by atoms with van der Waals surface area (Å²) in [6.07, 6.45) is -33.5. The van der Waals surface area contributed by atoms with Gasteiger partial charge in [0.2, 0.25) is 0 Å². The number of hydrogen-bond acceptors (Lipinski definition) is 3. The van der Waals surface area contributed by atoms with E-state index in [0.29, 0.717) is 13.8 Å². The van der Waals surface area contributed by atoms with E-state index in [1.807, 2.05) is 0 Å². The van der Waals surface area contributed by atoms with Crippen molar-refractivity contribution in [3.8, 4) is 0 Å². The average molecular weight is 667 g/mol. The topological polar surface area (TPSA) is 27.7 Å². The molecule has 0 fully saturated rings. The van der Waals surface area contributed by atoms with E-state index in [1.54, 1.807) is 0 Å². The first kappa shape index (κ1) is 41.9. The van der Waals surface area contributed by atoms with Crippen LogP contribution >= 0.6 is 0 Å². The molecule has 43 heavy (non-hydrogen) atoms. The van der Waals surface area contributed by atoms with E-state index in [1.165, 1.54) is 0 Å². The molecule has 0 saturated carbocycles.